The Balaban J connectivity index is 1.91. The summed E-state index contributed by atoms with van der Waals surface area (Å²) in [5.41, 5.74) is 1.48. The molecule has 0 bridgehead atoms. The Hall–Kier alpha value is -0.830. The number of aryl methyl sites for hydroxylation is 1. The average molecular weight is 191 g/mol. The van der Waals surface area contributed by atoms with Gasteiger partial charge in [-0.15, -0.1) is 0 Å². The molecule has 0 saturated carbocycles. The number of fused-ring (bicyclic) bond motifs is 3. The lowest BCUT2D eigenvalue weighted by atomic mass is 9.79. The van der Waals surface area contributed by atoms with E-state index in [1.807, 2.05) is 6.20 Å². The molecule has 0 radical (unpaired) electrons. The van der Waals surface area contributed by atoms with E-state index in [0.29, 0.717) is 0 Å². The Morgan fingerprint density at radius 2 is 2.29 bits per heavy atom. The third-order valence-corrected chi connectivity index (χ3v) is 3.78. The molecule has 2 aliphatic heterocycles. The Bertz CT molecular complexity index is 331. The lowest BCUT2D eigenvalue weighted by Crippen LogP contribution is -2.40. The molecule has 2 atom stereocenters. The molecule has 1 aromatic rings. The largest absolute Gasteiger partial charge is 0.306 e. The molecule has 3 heteroatoms. The van der Waals surface area contributed by atoms with Crippen molar-refractivity contribution in [2.24, 2.45) is 5.92 Å². The Labute approximate surface area is 84.7 Å². The van der Waals surface area contributed by atoms with Crippen molar-refractivity contribution in [3.63, 3.8) is 0 Å². The molecule has 3 nitrogen and oxygen atoms in total. The normalized spacial score (nSPS) is 32.4. The highest BCUT2D eigenvalue weighted by Gasteiger charge is 2.33. The summed E-state index contributed by atoms with van der Waals surface area (Å²) in [5.74, 6) is 1.65. The first-order valence-corrected chi connectivity index (χ1v) is 5.55. The molecule has 2 aliphatic rings. The van der Waals surface area contributed by atoms with E-state index in [9.17, 15) is 0 Å². The highest BCUT2D eigenvalue weighted by molar-refractivity contribution is 5.13. The molecule has 76 valence electrons. The Kier molecular flexibility index (Phi) is 1.87. The SMILES string of the molecule is CN1CCC2c3ccnn3CCC2C1. The Morgan fingerprint density at radius 1 is 1.36 bits per heavy atom. The summed E-state index contributed by atoms with van der Waals surface area (Å²) in [6.45, 7) is 3.64. The monoisotopic (exact) mass is 191 g/mol. The van der Waals surface area contributed by atoms with Crippen LogP contribution in [0.25, 0.3) is 0 Å². The number of piperidine rings is 1. The van der Waals surface area contributed by atoms with Gasteiger partial charge in [-0.2, -0.15) is 5.10 Å². The number of nitrogens with zero attached hydrogens (tertiary/aromatic N) is 3. The standard InChI is InChI=1S/C11H17N3/c1-13-6-4-10-9(8-13)3-7-14-11(10)2-5-12-14/h2,5,9-10H,3-4,6-8H2,1H3. The summed E-state index contributed by atoms with van der Waals surface area (Å²) in [6, 6.07) is 2.21. The molecule has 1 fully saturated rings. The molecule has 1 saturated heterocycles. The van der Waals surface area contributed by atoms with Crippen LogP contribution >= 0.6 is 0 Å². The van der Waals surface area contributed by atoms with Crippen LogP contribution in [0.5, 0.6) is 0 Å². The molecule has 1 aromatic heterocycles. The van der Waals surface area contributed by atoms with Gasteiger partial charge in [0.15, 0.2) is 0 Å². The fraction of sp³-hybridized carbons (Fsp3) is 0.727. The summed E-state index contributed by atoms with van der Waals surface area (Å²) in [7, 11) is 2.24. The number of hydrogen-bond acceptors (Lipinski definition) is 2. The van der Waals surface area contributed by atoms with Crippen LogP contribution in [0.1, 0.15) is 24.5 Å². The molecule has 3 rings (SSSR count). The van der Waals surface area contributed by atoms with Gasteiger partial charge in [0.05, 0.1) is 0 Å². The topological polar surface area (TPSA) is 21.1 Å². The molecule has 14 heavy (non-hydrogen) atoms. The van der Waals surface area contributed by atoms with E-state index in [1.165, 1.54) is 31.6 Å². The zero-order valence-corrected chi connectivity index (χ0v) is 8.69. The minimum Gasteiger partial charge on any atom is -0.306 e. The third-order valence-electron chi connectivity index (χ3n) is 3.78. The lowest BCUT2D eigenvalue weighted by molar-refractivity contribution is 0.149. The Morgan fingerprint density at radius 3 is 3.21 bits per heavy atom. The van der Waals surface area contributed by atoms with Crippen LogP contribution in [0.2, 0.25) is 0 Å². The minimum absolute atomic E-state index is 0.780. The van der Waals surface area contributed by atoms with Crippen molar-refractivity contribution in [2.45, 2.75) is 25.3 Å². The fourth-order valence-electron chi connectivity index (χ4n) is 3.03. The summed E-state index contributed by atoms with van der Waals surface area (Å²) in [6.07, 6.45) is 4.58. The van der Waals surface area contributed by atoms with Gasteiger partial charge in [0.1, 0.15) is 0 Å². The van der Waals surface area contributed by atoms with Gasteiger partial charge in [-0.05, 0) is 38.4 Å². The van der Waals surface area contributed by atoms with Crippen LogP contribution in [0.3, 0.4) is 0 Å². The summed E-state index contributed by atoms with van der Waals surface area (Å²) in [5, 5.41) is 4.37. The molecule has 0 N–H and O–H groups in total. The zero-order valence-electron chi connectivity index (χ0n) is 8.69. The second-order valence-corrected chi connectivity index (χ2v) is 4.69. The first-order valence-electron chi connectivity index (χ1n) is 5.55. The summed E-state index contributed by atoms with van der Waals surface area (Å²) < 4.78 is 2.20. The molecular weight excluding hydrogens is 174 g/mol. The molecule has 2 unspecified atom stereocenters. The second-order valence-electron chi connectivity index (χ2n) is 4.69. The molecule has 0 aromatic carbocycles. The van der Waals surface area contributed by atoms with Gasteiger partial charge >= 0.3 is 0 Å². The predicted octanol–water partition coefficient (Wildman–Crippen LogP) is 1.32. The van der Waals surface area contributed by atoms with Gasteiger partial charge in [-0.25, -0.2) is 0 Å². The predicted molar refractivity (Wildman–Crippen MR) is 55.2 cm³/mol. The highest BCUT2D eigenvalue weighted by Crippen LogP contribution is 2.37. The van der Waals surface area contributed by atoms with Crippen LogP contribution in [0, 0.1) is 5.92 Å². The molecular formula is C11H17N3. The van der Waals surface area contributed by atoms with Gasteiger partial charge in [0, 0.05) is 30.9 Å². The van der Waals surface area contributed by atoms with E-state index in [-0.39, 0.29) is 0 Å². The average Bonchev–Trinajstić information content (AvgIpc) is 2.65. The van der Waals surface area contributed by atoms with Gasteiger partial charge in [-0.1, -0.05) is 0 Å². The number of aromatic nitrogens is 2. The van der Waals surface area contributed by atoms with E-state index in [0.717, 1.165) is 18.4 Å². The maximum atomic E-state index is 4.37. The number of rotatable bonds is 0. The number of hydrogen-bond donors (Lipinski definition) is 0. The molecule has 0 aliphatic carbocycles. The smallest absolute Gasteiger partial charge is 0.0492 e. The van der Waals surface area contributed by atoms with Crippen molar-refractivity contribution in [3.05, 3.63) is 18.0 Å². The van der Waals surface area contributed by atoms with E-state index < -0.39 is 0 Å². The van der Waals surface area contributed by atoms with Crippen molar-refractivity contribution in [2.75, 3.05) is 20.1 Å². The van der Waals surface area contributed by atoms with Crippen LogP contribution < -0.4 is 0 Å². The van der Waals surface area contributed by atoms with Gasteiger partial charge in [-0.3, -0.25) is 4.68 Å². The lowest BCUT2D eigenvalue weighted by Gasteiger charge is -2.39. The first-order chi connectivity index (χ1) is 6.84. The molecule has 0 spiro atoms. The van der Waals surface area contributed by atoms with Crippen LogP contribution in [0.15, 0.2) is 12.3 Å². The third kappa shape index (κ3) is 1.19. The van der Waals surface area contributed by atoms with Crippen molar-refractivity contribution < 1.29 is 0 Å². The quantitative estimate of drug-likeness (QED) is 0.616. The van der Waals surface area contributed by atoms with Crippen molar-refractivity contribution in [1.82, 2.24) is 14.7 Å². The van der Waals surface area contributed by atoms with E-state index in [1.54, 1.807) is 0 Å². The van der Waals surface area contributed by atoms with Crippen LogP contribution in [-0.2, 0) is 6.54 Å². The fourth-order valence-corrected chi connectivity index (χ4v) is 3.03. The van der Waals surface area contributed by atoms with Crippen molar-refractivity contribution in [1.29, 1.82) is 0 Å². The summed E-state index contributed by atoms with van der Waals surface area (Å²) >= 11 is 0. The first kappa shape index (κ1) is 8.48. The maximum Gasteiger partial charge on any atom is 0.0492 e. The van der Waals surface area contributed by atoms with Gasteiger partial charge < -0.3 is 4.90 Å². The second kappa shape index (κ2) is 3.09. The van der Waals surface area contributed by atoms with E-state index >= 15 is 0 Å². The van der Waals surface area contributed by atoms with Crippen molar-refractivity contribution >= 4 is 0 Å². The van der Waals surface area contributed by atoms with Crippen molar-refractivity contribution in [3.8, 4) is 0 Å². The number of likely N-dealkylation sites (tertiary alicyclic amines) is 1. The van der Waals surface area contributed by atoms with Crippen LogP contribution in [0.4, 0.5) is 0 Å². The highest BCUT2D eigenvalue weighted by atomic mass is 15.3. The molecule has 3 heterocycles. The minimum atomic E-state index is 0.780. The van der Waals surface area contributed by atoms with E-state index in [4.69, 9.17) is 0 Å². The van der Waals surface area contributed by atoms with Crippen LogP contribution in [-0.4, -0.2) is 34.8 Å². The summed E-state index contributed by atoms with van der Waals surface area (Å²) in [4.78, 5) is 2.47. The maximum absolute atomic E-state index is 4.37. The zero-order chi connectivity index (χ0) is 9.54. The van der Waals surface area contributed by atoms with Gasteiger partial charge in [0.2, 0.25) is 0 Å². The van der Waals surface area contributed by atoms with Gasteiger partial charge in [0.25, 0.3) is 0 Å². The molecule has 0 amide bonds. The van der Waals surface area contributed by atoms with E-state index in [2.05, 4.69) is 27.8 Å².